The molecule has 0 radical (unpaired) electrons. The van der Waals surface area contributed by atoms with E-state index in [2.05, 4.69) is 20.1 Å². The molecule has 4 aromatic rings. The molecule has 3 aromatic carbocycles. The summed E-state index contributed by atoms with van der Waals surface area (Å²) in [5.74, 6) is 1.73. The van der Waals surface area contributed by atoms with Gasteiger partial charge in [-0.15, -0.1) is 5.10 Å². The number of halogens is 2. The van der Waals surface area contributed by atoms with E-state index in [0.29, 0.717) is 28.9 Å². The summed E-state index contributed by atoms with van der Waals surface area (Å²) in [7, 11) is 0. The van der Waals surface area contributed by atoms with Gasteiger partial charge in [0, 0.05) is 36.9 Å². The lowest BCUT2D eigenvalue weighted by Crippen LogP contribution is -2.49. The maximum atomic E-state index is 13.3. The third-order valence-electron chi connectivity index (χ3n) is 6.22. The fraction of sp³-hybridized carbons (Fsp3) is 0.192. The molecule has 0 amide bonds. The average molecular weight is 489 g/mol. The topological polar surface area (TPSA) is 58.8 Å². The molecule has 2 aliphatic rings. The van der Waals surface area contributed by atoms with Crippen LogP contribution in [0.15, 0.2) is 77.8 Å². The summed E-state index contributed by atoms with van der Waals surface area (Å²) in [6.07, 6.45) is 0. The van der Waals surface area contributed by atoms with Gasteiger partial charge in [0.1, 0.15) is 11.5 Å². The van der Waals surface area contributed by atoms with Gasteiger partial charge in [-0.25, -0.2) is 14.1 Å². The van der Waals surface area contributed by atoms with E-state index >= 15 is 0 Å². The number of piperazine rings is 1. The molecule has 9 heteroatoms. The van der Waals surface area contributed by atoms with Gasteiger partial charge in [0.2, 0.25) is 5.88 Å². The second-order valence-electron chi connectivity index (χ2n) is 8.48. The molecule has 2 aliphatic heterocycles. The minimum absolute atomic E-state index is 0.229. The molecular formula is C26H22ClFN6O. The number of hydrogen-bond acceptors (Lipinski definition) is 6. The Hall–Kier alpha value is -3.91. The molecule has 0 bridgehead atoms. The number of aromatic nitrogens is 3. The van der Waals surface area contributed by atoms with E-state index in [1.165, 1.54) is 12.1 Å². The van der Waals surface area contributed by atoms with Crippen molar-refractivity contribution in [2.24, 2.45) is 4.99 Å². The summed E-state index contributed by atoms with van der Waals surface area (Å²) in [6, 6.07) is 22.0. The summed E-state index contributed by atoms with van der Waals surface area (Å²) in [6.45, 7) is 3.53. The van der Waals surface area contributed by atoms with Gasteiger partial charge >= 0.3 is 0 Å². The number of para-hydroxylation sites is 2. The Morgan fingerprint density at radius 3 is 2.34 bits per heavy atom. The zero-order valence-electron chi connectivity index (χ0n) is 18.8. The van der Waals surface area contributed by atoms with Crippen LogP contribution in [0.4, 0.5) is 15.8 Å². The van der Waals surface area contributed by atoms with Crippen molar-refractivity contribution < 1.29 is 9.13 Å². The summed E-state index contributed by atoms with van der Waals surface area (Å²) in [4.78, 5) is 9.42. The van der Waals surface area contributed by atoms with E-state index in [1.54, 1.807) is 4.68 Å². The molecule has 0 atom stereocenters. The van der Waals surface area contributed by atoms with E-state index < -0.39 is 0 Å². The van der Waals surface area contributed by atoms with Gasteiger partial charge in [0.15, 0.2) is 17.3 Å². The summed E-state index contributed by atoms with van der Waals surface area (Å²) >= 11 is 6.05. The van der Waals surface area contributed by atoms with Crippen molar-refractivity contribution in [1.29, 1.82) is 0 Å². The normalized spacial score (nSPS) is 15.1. The zero-order chi connectivity index (χ0) is 23.8. The number of amidine groups is 1. The standard InChI is InChI=1S/C26H22ClFN6O/c27-19-7-5-18(6-8-19)17-34-26-24(30-31-34)25(29-22-3-1-2-4-23(22)35-26)33-15-13-32(14-16-33)21-11-9-20(28)10-12-21/h1-12H,13-17H2. The van der Waals surface area contributed by atoms with Crippen molar-refractivity contribution in [2.75, 3.05) is 31.1 Å². The second-order valence-corrected chi connectivity index (χ2v) is 8.92. The Morgan fingerprint density at radius 2 is 1.57 bits per heavy atom. The van der Waals surface area contributed by atoms with Crippen LogP contribution in [0.1, 0.15) is 11.3 Å². The van der Waals surface area contributed by atoms with Gasteiger partial charge in [-0.05, 0) is 54.1 Å². The molecule has 1 aromatic heterocycles. The lowest BCUT2D eigenvalue weighted by Gasteiger charge is -2.37. The Balaban J connectivity index is 1.31. The minimum atomic E-state index is -0.229. The molecule has 35 heavy (non-hydrogen) atoms. The predicted molar refractivity (Wildman–Crippen MR) is 133 cm³/mol. The SMILES string of the molecule is Fc1ccc(N2CCN(C3=Nc4ccccc4Oc4c3nnn4Cc3ccc(Cl)cc3)CC2)cc1. The molecule has 7 nitrogen and oxygen atoms in total. The van der Waals surface area contributed by atoms with Gasteiger partial charge < -0.3 is 14.5 Å². The van der Waals surface area contributed by atoms with Crippen LogP contribution in [0.25, 0.3) is 0 Å². The first-order chi connectivity index (χ1) is 17.1. The largest absolute Gasteiger partial charge is 0.435 e. The Kier molecular flexibility index (Phi) is 5.58. The lowest BCUT2D eigenvalue weighted by molar-refractivity contribution is 0.384. The third kappa shape index (κ3) is 4.33. The Bertz CT molecular complexity index is 1380. The number of benzene rings is 3. The lowest BCUT2D eigenvalue weighted by atomic mass is 10.2. The average Bonchev–Trinajstić information content (AvgIpc) is 3.18. The Morgan fingerprint density at radius 1 is 0.857 bits per heavy atom. The van der Waals surface area contributed by atoms with Crippen LogP contribution in [0.5, 0.6) is 11.6 Å². The molecule has 0 saturated carbocycles. The first-order valence-electron chi connectivity index (χ1n) is 11.4. The first kappa shape index (κ1) is 21.6. The van der Waals surface area contributed by atoms with Crippen LogP contribution in [0, 0.1) is 5.82 Å². The van der Waals surface area contributed by atoms with Gasteiger partial charge in [-0.3, -0.25) is 0 Å². The molecule has 176 valence electrons. The number of aliphatic imine (C=N–C) groups is 1. The summed E-state index contributed by atoms with van der Waals surface area (Å²) < 4.78 is 21.4. The number of nitrogens with zero attached hydrogens (tertiary/aromatic N) is 6. The first-order valence-corrected chi connectivity index (χ1v) is 11.8. The van der Waals surface area contributed by atoms with Gasteiger partial charge in [0.25, 0.3) is 0 Å². The van der Waals surface area contributed by atoms with Crippen molar-refractivity contribution in [3.8, 4) is 11.6 Å². The van der Waals surface area contributed by atoms with Crippen molar-refractivity contribution in [3.05, 3.63) is 94.9 Å². The fourth-order valence-electron chi connectivity index (χ4n) is 4.37. The second kappa shape index (κ2) is 9.03. The van der Waals surface area contributed by atoms with E-state index in [4.69, 9.17) is 21.3 Å². The van der Waals surface area contributed by atoms with Gasteiger partial charge in [0.05, 0.1) is 6.54 Å². The highest BCUT2D eigenvalue weighted by Gasteiger charge is 2.30. The fourth-order valence-corrected chi connectivity index (χ4v) is 4.49. The third-order valence-corrected chi connectivity index (χ3v) is 6.47. The van der Waals surface area contributed by atoms with Crippen LogP contribution in [-0.4, -0.2) is 51.9 Å². The highest BCUT2D eigenvalue weighted by Crippen LogP contribution is 2.37. The van der Waals surface area contributed by atoms with Crippen LogP contribution in [0.2, 0.25) is 5.02 Å². The quantitative estimate of drug-likeness (QED) is 0.400. The number of ether oxygens (including phenoxy) is 1. The van der Waals surface area contributed by atoms with E-state index in [1.807, 2.05) is 60.7 Å². The minimum Gasteiger partial charge on any atom is -0.435 e. The van der Waals surface area contributed by atoms with E-state index in [0.717, 1.165) is 49.0 Å². The zero-order valence-corrected chi connectivity index (χ0v) is 19.6. The molecular weight excluding hydrogens is 467 g/mol. The van der Waals surface area contributed by atoms with Gasteiger partial charge in [-0.1, -0.05) is 41.1 Å². The molecule has 6 rings (SSSR count). The molecule has 0 spiro atoms. The van der Waals surface area contributed by atoms with Gasteiger partial charge in [-0.2, -0.15) is 0 Å². The van der Waals surface area contributed by atoms with Crippen LogP contribution in [0.3, 0.4) is 0 Å². The number of hydrogen-bond donors (Lipinski definition) is 0. The molecule has 0 unspecified atom stereocenters. The summed E-state index contributed by atoms with van der Waals surface area (Å²) in [5.41, 5.74) is 3.41. The van der Waals surface area contributed by atoms with Crippen molar-refractivity contribution >= 4 is 28.8 Å². The van der Waals surface area contributed by atoms with E-state index in [9.17, 15) is 4.39 Å². The smallest absolute Gasteiger partial charge is 0.250 e. The van der Waals surface area contributed by atoms with E-state index in [-0.39, 0.29) is 5.82 Å². The van der Waals surface area contributed by atoms with Crippen LogP contribution in [-0.2, 0) is 6.54 Å². The maximum Gasteiger partial charge on any atom is 0.250 e. The monoisotopic (exact) mass is 488 g/mol. The van der Waals surface area contributed by atoms with Crippen molar-refractivity contribution in [2.45, 2.75) is 6.54 Å². The highest BCUT2D eigenvalue weighted by molar-refractivity contribution is 6.30. The number of anilines is 1. The number of rotatable bonds is 3. The van der Waals surface area contributed by atoms with Crippen molar-refractivity contribution in [1.82, 2.24) is 19.9 Å². The molecule has 0 N–H and O–H groups in total. The number of fused-ring (bicyclic) bond motifs is 2. The van der Waals surface area contributed by atoms with Crippen LogP contribution >= 0.6 is 11.6 Å². The maximum absolute atomic E-state index is 13.3. The molecule has 1 fully saturated rings. The summed E-state index contributed by atoms with van der Waals surface area (Å²) in [5, 5.41) is 9.58. The molecule has 3 heterocycles. The highest BCUT2D eigenvalue weighted by atomic mass is 35.5. The Labute approximate surface area is 207 Å². The molecule has 0 aliphatic carbocycles. The molecule has 1 saturated heterocycles. The van der Waals surface area contributed by atoms with Crippen molar-refractivity contribution in [3.63, 3.8) is 0 Å². The van der Waals surface area contributed by atoms with Crippen LogP contribution < -0.4 is 9.64 Å². The predicted octanol–water partition coefficient (Wildman–Crippen LogP) is 5.13.